The summed E-state index contributed by atoms with van der Waals surface area (Å²) in [6, 6.07) is 11.9. The molecule has 0 saturated carbocycles. The molecule has 0 spiro atoms. The maximum absolute atomic E-state index is 11.9. The second kappa shape index (κ2) is 7.64. The van der Waals surface area contributed by atoms with Gasteiger partial charge in [0.15, 0.2) is 11.5 Å². The number of para-hydroxylation sites is 1. The van der Waals surface area contributed by atoms with Crippen molar-refractivity contribution < 1.29 is 23.6 Å². The lowest BCUT2D eigenvalue weighted by atomic mass is 10.1. The van der Waals surface area contributed by atoms with Gasteiger partial charge >= 0.3 is 5.63 Å². The number of nitro groups is 1. The van der Waals surface area contributed by atoms with Gasteiger partial charge in [0.25, 0.3) is 5.69 Å². The molecule has 1 N–H and O–H groups in total. The van der Waals surface area contributed by atoms with E-state index in [-0.39, 0.29) is 29.4 Å². The highest BCUT2D eigenvalue weighted by Gasteiger charge is 2.19. The average molecular weight is 421 g/mol. The van der Waals surface area contributed by atoms with E-state index < -0.39 is 10.5 Å². The molecular formula is C23H19NO7. The summed E-state index contributed by atoms with van der Waals surface area (Å²) in [6.07, 6.45) is 0. The number of ether oxygens (including phenoxy) is 1. The molecule has 0 aliphatic rings. The van der Waals surface area contributed by atoms with Gasteiger partial charge in [-0.2, -0.15) is 0 Å². The van der Waals surface area contributed by atoms with Crippen molar-refractivity contribution in [2.75, 3.05) is 0 Å². The smallest absolute Gasteiger partial charge is 0.343 e. The van der Waals surface area contributed by atoms with Crippen molar-refractivity contribution in [1.29, 1.82) is 0 Å². The molecule has 0 saturated heterocycles. The lowest BCUT2D eigenvalue weighted by molar-refractivity contribution is -0.386. The predicted molar refractivity (Wildman–Crippen MR) is 113 cm³/mol. The first-order valence-electron chi connectivity index (χ1n) is 9.49. The average Bonchev–Trinajstić information content (AvgIpc) is 3.16. The number of nitro benzene ring substituents is 1. The number of hydrogen-bond acceptors (Lipinski definition) is 7. The molecule has 8 heteroatoms. The number of furan rings is 1. The molecule has 4 rings (SSSR count). The van der Waals surface area contributed by atoms with E-state index in [9.17, 15) is 20.0 Å². The molecule has 0 fully saturated rings. The van der Waals surface area contributed by atoms with E-state index in [1.807, 2.05) is 0 Å². The lowest BCUT2D eigenvalue weighted by Crippen LogP contribution is -2.05. The summed E-state index contributed by atoms with van der Waals surface area (Å²) in [6.45, 7) is 4.83. The van der Waals surface area contributed by atoms with Crippen LogP contribution in [-0.2, 0) is 6.61 Å². The van der Waals surface area contributed by atoms with Gasteiger partial charge in [0.05, 0.1) is 16.1 Å². The van der Waals surface area contributed by atoms with Crippen LogP contribution in [0.4, 0.5) is 5.69 Å². The van der Waals surface area contributed by atoms with Gasteiger partial charge < -0.3 is 18.7 Å². The summed E-state index contributed by atoms with van der Waals surface area (Å²) in [5, 5.41) is 22.2. The second-order valence-corrected chi connectivity index (χ2v) is 7.26. The molecule has 0 amide bonds. The summed E-state index contributed by atoms with van der Waals surface area (Å²) >= 11 is 0. The fraction of sp³-hybridized carbons (Fsp3) is 0.174. The molecule has 158 valence electrons. The van der Waals surface area contributed by atoms with Crippen molar-refractivity contribution in [3.05, 3.63) is 85.3 Å². The first-order chi connectivity index (χ1) is 14.8. The summed E-state index contributed by atoms with van der Waals surface area (Å²) in [4.78, 5) is 22.9. The number of fused-ring (bicyclic) bond motifs is 1. The van der Waals surface area contributed by atoms with E-state index in [1.165, 1.54) is 6.92 Å². The minimum atomic E-state index is -0.637. The number of nitrogens with zero attached hydrogens (tertiary/aromatic N) is 1. The van der Waals surface area contributed by atoms with Crippen LogP contribution in [-0.4, -0.2) is 10.0 Å². The zero-order valence-electron chi connectivity index (χ0n) is 17.1. The number of aromatic hydroxyl groups is 1. The summed E-state index contributed by atoms with van der Waals surface area (Å²) in [7, 11) is 0. The van der Waals surface area contributed by atoms with E-state index in [4.69, 9.17) is 13.6 Å². The summed E-state index contributed by atoms with van der Waals surface area (Å²) in [5.74, 6) is 0.790. The Bertz CT molecular complexity index is 1380. The predicted octanol–water partition coefficient (Wildman–Crippen LogP) is 5.17. The van der Waals surface area contributed by atoms with Gasteiger partial charge in [-0.3, -0.25) is 10.1 Å². The minimum absolute atomic E-state index is 0.0247. The third kappa shape index (κ3) is 3.63. The van der Waals surface area contributed by atoms with Crippen molar-refractivity contribution in [3.8, 4) is 23.0 Å². The monoisotopic (exact) mass is 421 g/mol. The van der Waals surface area contributed by atoms with Crippen LogP contribution in [0.15, 0.2) is 56.1 Å². The Labute approximate surface area is 176 Å². The fourth-order valence-corrected chi connectivity index (χ4v) is 3.44. The third-order valence-electron chi connectivity index (χ3n) is 5.17. The van der Waals surface area contributed by atoms with Crippen LogP contribution in [0.5, 0.6) is 11.5 Å². The van der Waals surface area contributed by atoms with Gasteiger partial charge in [-0.25, -0.2) is 4.79 Å². The van der Waals surface area contributed by atoms with Gasteiger partial charge in [-0.1, -0.05) is 12.1 Å². The normalized spacial score (nSPS) is 11.1. The molecule has 0 unspecified atom stereocenters. The molecule has 0 aliphatic carbocycles. The highest BCUT2D eigenvalue weighted by molar-refractivity contribution is 5.83. The third-order valence-corrected chi connectivity index (χ3v) is 5.17. The van der Waals surface area contributed by atoms with Crippen molar-refractivity contribution in [3.63, 3.8) is 0 Å². The van der Waals surface area contributed by atoms with Crippen LogP contribution in [0, 0.1) is 30.9 Å². The number of benzene rings is 2. The van der Waals surface area contributed by atoms with Crippen molar-refractivity contribution in [1.82, 2.24) is 0 Å². The first-order valence-corrected chi connectivity index (χ1v) is 9.49. The van der Waals surface area contributed by atoms with Gasteiger partial charge in [-0.15, -0.1) is 0 Å². The topological polar surface area (TPSA) is 116 Å². The van der Waals surface area contributed by atoms with Crippen LogP contribution in [0.3, 0.4) is 0 Å². The highest BCUT2D eigenvalue weighted by Crippen LogP contribution is 2.35. The summed E-state index contributed by atoms with van der Waals surface area (Å²) < 4.78 is 16.9. The van der Waals surface area contributed by atoms with Crippen molar-refractivity contribution >= 4 is 16.7 Å². The Kier molecular flexibility index (Phi) is 4.98. The Balaban J connectivity index is 1.65. The molecule has 31 heavy (non-hydrogen) atoms. The second-order valence-electron chi connectivity index (χ2n) is 7.26. The number of rotatable bonds is 5. The van der Waals surface area contributed by atoms with E-state index in [2.05, 4.69) is 0 Å². The van der Waals surface area contributed by atoms with Crippen LogP contribution >= 0.6 is 0 Å². The van der Waals surface area contributed by atoms with Crippen LogP contribution in [0.1, 0.15) is 22.3 Å². The van der Waals surface area contributed by atoms with Gasteiger partial charge in [0.1, 0.15) is 23.7 Å². The van der Waals surface area contributed by atoms with Gasteiger partial charge in [0.2, 0.25) is 0 Å². The van der Waals surface area contributed by atoms with E-state index >= 15 is 0 Å². The first kappa shape index (κ1) is 20.2. The Morgan fingerprint density at radius 1 is 1.06 bits per heavy atom. The van der Waals surface area contributed by atoms with E-state index in [0.717, 1.165) is 5.39 Å². The van der Waals surface area contributed by atoms with E-state index in [0.29, 0.717) is 33.8 Å². The molecule has 0 atom stereocenters. The molecule has 2 heterocycles. The molecule has 2 aromatic carbocycles. The molecule has 0 radical (unpaired) electrons. The number of hydrogen-bond donors (Lipinski definition) is 1. The molecule has 0 aliphatic heterocycles. The van der Waals surface area contributed by atoms with Crippen molar-refractivity contribution in [2.45, 2.75) is 27.4 Å². The molecule has 4 aromatic rings. The SMILES string of the molecule is Cc1cccc(COc2ccc3cc(-c4oc(=O)c(C)c(O)c4C)oc3c2)c1[N+](=O)[O-]. The molecule has 0 bridgehead atoms. The number of aryl methyl sites for hydroxylation is 1. The van der Waals surface area contributed by atoms with E-state index in [1.54, 1.807) is 56.3 Å². The quantitative estimate of drug-likeness (QED) is 0.349. The Morgan fingerprint density at radius 3 is 2.58 bits per heavy atom. The highest BCUT2D eigenvalue weighted by atomic mass is 16.6. The maximum atomic E-state index is 11.9. The zero-order valence-corrected chi connectivity index (χ0v) is 17.1. The van der Waals surface area contributed by atoms with Gasteiger partial charge in [0, 0.05) is 22.6 Å². The molecule has 2 aromatic heterocycles. The summed E-state index contributed by atoms with van der Waals surface area (Å²) in [5.41, 5.74) is 1.45. The lowest BCUT2D eigenvalue weighted by Gasteiger charge is -2.08. The Hall–Kier alpha value is -4.07. The molecular weight excluding hydrogens is 402 g/mol. The van der Waals surface area contributed by atoms with Crippen LogP contribution in [0.25, 0.3) is 22.5 Å². The minimum Gasteiger partial charge on any atom is -0.507 e. The zero-order chi connectivity index (χ0) is 22.3. The van der Waals surface area contributed by atoms with Crippen LogP contribution < -0.4 is 10.4 Å². The molecule has 8 nitrogen and oxygen atoms in total. The Morgan fingerprint density at radius 2 is 1.84 bits per heavy atom. The van der Waals surface area contributed by atoms with Crippen molar-refractivity contribution in [2.24, 2.45) is 0 Å². The fourth-order valence-electron chi connectivity index (χ4n) is 3.44. The van der Waals surface area contributed by atoms with Crippen LogP contribution in [0.2, 0.25) is 0 Å². The maximum Gasteiger partial charge on any atom is 0.343 e. The van der Waals surface area contributed by atoms with Gasteiger partial charge in [-0.05, 0) is 45.0 Å². The standard InChI is InChI=1S/C23H19NO7/c1-12-5-4-6-16(20(12)24(27)28)11-29-17-8-7-15-9-19(30-18(15)10-17)22-13(2)21(25)14(3)23(26)31-22/h4-10,25H,11H2,1-3H3. The largest absolute Gasteiger partial charge is 0.507 e.